The van der Waals surface area contributed by atoms with Crippen LogP contribution in [-0.4, -0.2) is 10.2 Å². The molecule has 3 rings (SSSR count). The van der Waals surface area contributed by atoms with Gasteiger partial charge in [-0.3, -0.25) is 5.10 Å². The van der Waals surface area contributed by atoms with Gasteiger partial charge in [0.1, 0.15) is 0 Å². The Morgan fingerprint density at radius 1 is 0.917 bits per heavy atom. The molecular weight excluding hydrogens is 296 g/mol. The summed E-state index contributed by atoms with van der Waals surface area (Å²) in [7, 11) is 0. The molecule has 2 aromatic carbocycles. The van der Waals surface area contributed by atoms with Crippen molar-refractivity contribution in [2.75, 3.05) is 11.5 Å². The van der Waals surface area contributed by atoms with Crippen molar-refractivity contribution in [2.45, 2.75) is 19.8 Å². The van der Waals surface area contributed by atoms with Crippen LogP contribution in [0.2, 0.25) is 0 Å². The molecule has 0 aliphatic rings. The van der Waals surface area contributed by atoms with E-state index in [4.69, 9.17) is 11.5 Å². The number of nitrogens with two attached hydrogens (primary N) is 2. The lowest BCUT2D eigenvalue weighted by Crippen LogP contribution is -1.93. The van der Waals surface area contributed by atoms with Crippen molar-refractivity contribution in [3.05, 3.63) is 77.6 Å². The molecule has 0 fully saturated rings. The van der Waals surface area contributed by atoms with Crippen LogP contribution >= 0.6 is 0 Å². The Balaban J connectivity index is 0.000000219. The lowest BCUT2D eigenvalue weighted by molar-refractivity contribution is 0.867. The largest absolute Gasteiger partial charge is 0.397 e. The van der Waals surface area contributed by atoms with Crippen LogP contribution in [0.5, 0.6) is 0 Å². The molecule has 0 bridgehead atoms. The van der Waals surface area contributed by atoms with Crippen LogP contribution in [0, 0.1) is 0 Å². The van der Waals surface area contributed by atoms with Crippen molar-refractivity contribution >= 4 is 23.5 Å². The summed E-state index contributed by atoms with van der Waals surface area (Å²) in [6, 6.07) is 17.8. The van der Waals surface area contributed by atoms with E-state index in [2.05, 4.69) is 29.3 Å². The van der Waals surface area contributed by atoms with Crippen LogP contribution in [0.4, 0.5) is 11.4 Å². The van der Waals surface area contributed by atoms with Gasteiger partial charge in [0.15, 0.2) is 0 Å². The van der Waals surface area contributed by atoms with Gasteiger partial charge in [0, 0.05) is 6.20 Å². The number of H-pyrrole nitrogens is 1. The second kappa shape index (κ2) is 9.20. The average Bonchev–Trinajstić information content (AvgIpc) is 3.11. The van der Waals surface area contributed by atoms with Gasteiger partial charge in [0.2, 0.25) is 0 Å². The molecule has 0 atom stereocenters. The molecule has 4 nitrogen and oxygen atoms in total. The molecule has 0 spiro atoms. The number of benzene rings is 2. The normalized spacial score (nSPS) is 10.4. The van der Waals surface area contributed by atoms with E-state index in [0.717, 1.165) is 23.2 Å². The van der Waals surface area contributed by atoms with Gasteiger partial charge < -0.3 is 11.5 Å². The summed E-state index contributed by atoms with van der Waals surface area (Å²) < 4.78 is 0. The van der Waals surface area contributed by atoms with Gasteiger partial charge >= 0.3 is 0 Å². The highest BCUT2D eigenvalue weighted by Crippen LogP contribution is 2.17. The highest BCUT2D eigenvalue weighted by molar-refractivity contribution is 5.74. The van der Waals surface area contributed by atoms with Crippen molar-refractivity contribution in [1.82, 2.24) is 10.2 Å². The molecule has 0 amide bonds. The number of hydrogen-bond acceptors (Lipinski definition) is 3. The summed E-state index contributed by atoms with van der Waals surface area (Å²) in [5, 5.41) is 6.75. The van der Waals surface area contributed by atoms with Crippen molar-refractivity contribution in [1.29, 1.82) is 0 Å². The number of anilines is 2. The van der Waals surface area contributed by atoms with Gasteiger partial charge in [-0.15, -0.1) is 0 Å². The van der Waals surface area contributed by atoms with E-state index in [1.165, 1.54) is 6.42 Å². The molecule has 0 saturated heterocycles. The van der Waals surface area contributed by atoms with Crippen molar-refractivity contribution in [3.63, 3.8) is 0 Å². The molecule has 4 heteroatoms. The molecule has 0 aliphatic carbocycles. The number of hydrogen-bond donors (Lipinski definition) is 3. The van der Waals surface area contributed by atoms with Crippen LogP contribution in [0.15, 0.2) is 60.8 Å². The second-order valence-corrected chi connectivity index (χ2v) is 5.45. The fraction of sp³-hybridized carbons (Fsp3) is 0.150. The molecule has 24 heavy (non-hydrogen) atoms. The molecule has 0 radical (unpaired) electrons. The van der Waals surface area contributed by atoms with Crippen molar-refractivity contribution in [2.24, 2.45) is 0 Å². The maximum atomic E-state index is 5.73. The average molecular weight is 320 g/mol. The summed E-state index contributed by atoms with van der Waals surface area (Å²) in [6.45, 7) is 2.15. The predicted octanol–water partition coefficient (Wildman–Crippen LogP) is 4.38. The Hall–Kier alpha value is -3.01. The number of aryl methyl sites for hydroxylation is 1. The zero-order chi connectivity index (χ0) is 17.2. The zero-order valence-corrected chi connectivity index (χ0v) is 13.9. The molecule has 1 aromatic heterocycles. The maximum Gasteiger partial charge on any atom is 0.0621 e. The molecule has 0 saturated carbocycles. The van der Waals surface area contributed by atoms with Gasteiger partial charge in [0.05, 0.1) is 17.1 Å². The van der Waals surface area contributed by atoms with Crippen LogP contribution < -0.4 is 11.5 Å². The minimum atomic E-state index is 0.621. The third-order valence-electron chi connectivity index (χ3n) is 3.44. The SMILES string of the molecule is CCCc1cc[nH]n1.Nc1ccc(C=Cc2ccccc2)cc1N. The molecule has 1 heterocycles. The van der Waals surface area contributed by atoms with Gasteiger partial charge in [-0.25, -0.2) is 0 Å². The molecule has 0 unspecified atom stereocenters. The number of nitrogens with zero attached hydrogens (tertiary/aromatic N) is 1. The predicted molar refractivity (Wildman–Crippen MR) is 103 cm³/mol. The fourth-order valence-electron chi connectivity index (χ4n) is 2.14. The lowest BCUT2D eigenvalue weighted by atomic mass is 10.1. The Morgan fingerprint density at radius 3 is 2.29 bits per heavy atom. The number of nitrogens with one attached hydrogen (secondary N) is 1. The second-order valence-electron chi connectivity index (χ2n) is 5.45. The summed E-state index contributed by atoms with van der Waals surface area (Å²) in [5.74, 6) is 0. The van der Waals surface area contributed by atoms with E-state index in [1.54, 1.807) is 0 Å². The number of nitrogen functional groups attached to an aromatic ring is 2. The van der Waals surface area contributed by atoms with E-state index in [1.807, 2.05) is 60.8 Å². The minimum absolute atomic E-state index is 0.621. The molecule has 5 N–H and O–H groups in total. The molecule has 3 aromatic rings. The number of aromatic amines is 1. The first kappa shape index (κ1) is 17.3. The molecular formula is C20H24N4. The number of rotatable bonds is 4. The van der Waals surface area contributed by atoms with Gasteiger partial charge in [-0.05, 0) is 35.7 Å². The van der Waals surface area contributed by atoms with Crippen molar-refractivity contribution in [3.8, 4) is 0 Å². The van der Waals surface area contributed by atoms with Gasteiger partial charge in [0.25, 0.3) is 0 Å². The fourth-order valence-corrected chi connectivity index (χ4v) is 2.14. The smallest absolute Gasteiger partial charge is 0.0621 e. The lowest BCUT2D eigenvalue weighted by Gasteiger charge is -2.00. The summed E-state index contributed by atoms with van der Waals surface area (Å²) >= 11 is 0. The molecule has 0 aliphatic heterocycles. The third kappa shape index (κ3) is 5.65. The first-order valence-corrected chi connectivity index (χ1v) is 8.06. The summed E-state index contributed by atoms with van der Waals surface area (Å²) in [4.78, 5) is 0. The monoisotopic (exact) mass is 320 g/mol. The Kier molecular flexibility index (Phi) is 6.65. The highest BCUT2D eigenvalue weighted by atomic mass is 15.1. The van der Waals surface area contributed by atoms with Gasteiger partial charge in [-0.2, -0.15) is 5.10 Å². The topological polar surface area (TPSA) is 80.7 Å². The Bertz CT molecular complexity index is 747. The standard InChI is InChI=1S/C14H14N2.C6H10N2/c15-13-9-8-12(10-14(13)16)7-6-11-4-2-1-3-5-11;1-2-3-6-4-5-7-8-6/h1-10H,15-16H2;4-5H,2-3H2,1H3,(H,7,8). The van der Waals surface area contributed by atoms with E-state index >= 15 is 0 Å². The van der Waals surface area contributed by atoms with Crippen LogP contribution in [0.3, 0.4) is 0 Å². The third-order valence-corrected chi connectivity index (χ3v) is 3.44. The summed E-state index contributed by atoms with van der Waals surface area (Å²) in [5.41, 5.74) is 16.0. The Morgan fingerprint density at radius 2 is 1.67 bits per heavy atom. The first-order valence-electron chi connectivity index (χ1n) is 8.06. The van der Waals surface area contributed by atoms with Crippen LogP contribution in [-0.2, 0) is 6.42 Å². The quantitative estimate of drug-likeness (QED) is 0.493. The van der Waals surface area contributed by atoms with E-state index in [9.17, 15) is 0 Å². The van der Waals surface area contributed by atoms with Crippen LogP contribution in [0.1, 0.15) is 30.2 Å². The van der Waals surface area contributed by atoms with Gasteiger partial charge in [-0.1, -0.05) is 61.9 Å². The van der Waals surface area contributed by atoms with Crippen LogP contribution in [0.25, 0.3) is 12.2 Å². The zero-order valence-electron chi connectivity index (χ0n) is 13.9. The number of aromatic nitrogens is 2. The first-order chi connectivity index (χ1) is 11.7. The minimum Gasteiger partial charge on any atom is -0.397 e. The highest BCUT2D eigenvalue weighted by Gasteiger charge is 1.94. The maximum absolute atomic E-state index is 5.73. The van der Waals surface area contributed by atoms with E-state index in [0.29, 0.717) is 11.4 Å². The van der Waals surface area contributed by atoms with E-state index < -0.39 is 0 Å². The molecule has 124 valence electrons. The Labute approximate surface area is 143 Å². The van der Waals surface area contributed by atoms with E-state index in [-0.39, 0.29) is 0 Å². The summed E-state index contributed by atoms with van der Waals surface area (Å²) in [6.07, 6.45) is 8.18. The van der Waals surface area contributed by atoms with Crippen molar-refractivity contribution < 1.29 is 0 Å².